The van der Waals surface area contributed by atoms with Gasteiger partial charge in [0, 0.05) is 23.5 Å². The summed E-state index contributed by atoms with van der Waals surface area (Å²) in [4.78, 5) is 15.1. The smallest absolute Gasteiger partial charge is 0.323 e. The van der Waals surface area contributed by atoms with E-state index in [2.05, 4.69) is 4.98 Å². The van der Waals surface area contributed by atoms with Gasteiger partial charge in [-0.2, -0.15) is 0 Å². The van der Waals surface area contributed by atoms with Crippen LogP contribution in [0.25, 0.3) is 10.9 Å². The van der Waals surface area contributed by atoms with Gasteiger partial charge in [-0.25, -0.2) is 4.39 Å². The molecule has 3 N–H and O–H groups in total. The molecule has 1 aromatic heterocycles. The summed E-state index contributed by atoms with van der Waals surface area (Å²) in [6.45, 7) is 0.190. The second-order valence-corrected chi connectivity index (χ2v) is 5.41. The molecular formula is C18H17FN2O2. The molecule has 0 spiro atoms. The van der Waals surface area contributed by atoms with Gasteiger partial charge in [0.05, 0.1) is 0 Å². The fourth-order valence-electron chi connectivity index (χ4n) is 2.48. The Morgan fingerprint density at radius 2 is 2.00 bits per heavy atom. The summed E-state index contributed by atoms with van der Waals surface area (Å²) in [5, 5.41) is 0.733. The molecule has 1 heterocycles. The Morgan fingerprint density at radius 1 is 1.22 bits per heavy atom. The molecule has 1 atom stereocenters. The summed E-state index contributed by atoms with van der Waals surface area (Å²) in [5.41, 5.74) is 8.43. The average molecular weight is 312 g/mol. The Bertz CT molecular complexity index is 814. The van der Waals surface area contributed by atoms with Gasteiger partial charge in [0.1, 0.15) is 18.5 Å². The highest BCUT2D eigenvalue weighted by atomic mass is 19.1. The van der Waals surface area contributed by atoms with Crippen LogP contribution in [-0.2, 0) is 22.6 Å². The molecule has 0 radical (unpaired) electrons. The largest absolute Gasteiger partial charge is 0.460 e. The van der Waals surface area contributed by atoms with E-state index in [1.165, 1.54) is 12.1 Å². The van der Waals surface area contributed by atoms with Crippen molar-refractivity contribution in [3.8, 4) is 0 Å². The van der Waals surface area contributed by atoms with Crippen LogP contribution in [0, 0.1) is 5.82 Å². The molecular weight excluding hydrogens is 295 g/mol. The number of fused-ring (bicyclic) bond motifs is 1. The highest BCUT2D eigenvalue weighted by Crippen LogP contribution is 2.20. The number of nitrogens with two attached hydrogens (primary N) is 1. The third-order valence-corrected chi connectivity index (χ3v) is 3.70. The first-order valence-electron chi connectivity index (χ1n) is 7.35. The van der Waals surface area contributed by atoms with Crippen LogP contribution in [-0.4, -0.2) is 17.0 Å². The molecule has 23 heavy (non-hydrogen) atoms. The standard InChI is InChI=1S/C18H17FN2O2/c19-14-6-7-17-15(9-14)13(10-21-17)8-16(20)18(22)23-11-12-4-2-1-3-5-12/h1-7,9-10,16,21H,8,11,20H2/t16-/m1/s1. The summed E-state index contributed by atoms with van der Waals surface area (Å²) < 4.78 is 18.6. The predicted octanol–water partition coefficient (Wildman–Crippen LogP) is 2.92. The molecule has 0 saturated heterocycles. The zero-order chi connectivity index (χ0) is 16.2. The average Bonchev–Trinajstić information content (AvgIpc) is 2.95. The third-order valence-electron chi connectivity index (χ3n) is 3.70. The summed E-state index contributed by atoms with van der Waals surface area (Å²) >= 11 is 0. The summed E-state index contributed by atoms with van der Waals surface area (Å²) in [5.74, 6) is -0.793. The van der Waals surface area contributed by atoms with Gasteiger partial charge < -0.3 is 15.5 Å². The first kappa shape index (κ1) is 15.2. The molecule has 0 aliphatic heterocycles. The maximum atomic E-state index is 13.4. The first-order chi connectivity index (χ1) is 11.1. The van der Waals surface area contributed by atoms with E-state index in [1.807, 2.05) is 30.3 Å². The molecule has 0 bridgehead atoms. The van der Waals surface area contributed by atoms with Crippen LogP contribution in [0.1, 0.15) is 11.1 Å². The van der Waals surface area contributed by atoms with Crippen LogP contribution in [0.15, 0.2) is 54.7 Å². The van der Waals surface area contributed by atoms with Gasteiger partial charge in [0.15, 0.2) is 0 Å². The molecule has 0 saturated carbocycles. The van der Waals surface area contributed by atoms with Crippen molar-refractivity contribution in [2.75, 3.05) is 0 Å². The van der Waals surface area contributed by atoms with Crippen molar-refractivity contribution >= 4 is 16.9 Å². The maximum absolute atomic E-state index is 13.4. The minimum Gasteiger partial charge on any atom is -0.460 e. The highest BCUT2D eigenvalue weighted by molar-refractivity contribution is 5.84. The van der Waals surface area contributed by atoms with Crippen LogP contribution in [0.5, 0.6) is 0 Å². The Hall–Kier alpha value is -2.66. The monoisotopic (exact) mass is 312 g/mol. The van der Waals surface area contributed by atoms with Crippen molar-refractivity contribution < 1.29 is 13.9 Å². The van der Waals surface area contributed by atoms with Gasteiger partial charge in [-0.05, 0) is 29.3 Å². The molecule has 3 aromatic rings. The molecule has 2 aromatic carbocycles. The van der Waals surface area contributed by atoms with E-state index >= 15 is 0 Å². The molecule has 118 valence electrons. The van der Waals surface area contributed by atoms with Gasteiger partial charge >= 0.3 is 5.97 Å². The van der Waals surface area contributed by atoms with Gasteiger partial charge in [0.25, 0.3) is 0 Å². The number of aromatic amines is 1. The van der Waals surface area contributed by atoms with Crippen molar-refractivity contribution in [2.24, 2.45) is 5.73 Å². The highest BCUT2D eigenvalue weighted by Gasteiger charge is 2.18. The number of hydrogen-bond donors (Lipinski definition) is 2. The molecule has 0 fully saturated rings. The summed E-state index contributed by atoms with van der Waals surface area (Å²) in [6, 6.07) is 13.1. The van der Waals surface area contributed by atoms with Crippen molar-refractivity contribution in [1.29, 1.82) is 0 Å². The van der Waals surface area contributed by atoms with Crippen LogP contribution >= 0.6 is 0 Å². The minimum absolute atomic E-state index is 0.190. The SMILES string of the molecule is N[C@H](Cc1c[nH]c2ccc(F)cc12)C(=O)OCc1ccccc1. The van der Waals surface area contributed by atoms with E-state index in [1.54, 1.807) is 12.3 Å². The number of rotatable bonds is 5. The van der Waals surface area contributed by atoms with E-state index in [4.69, 9.17) is 10.5 Å². The topological polar surface area (TPSA) is 68.1 Å². The number of halogens is 1. The van der Waals surface area contributed by atoms with Crippen molar-refractivity contribution in [3.05, 3.63) is 71.7 Å². The quantitative estimate of drug-likeness (QED) is 0.712. The van der Waals surface area contributed by atoms with Crippen molar-refractivity contribution in [1.82, 2.24) is 4.98 Å². The van der Waals surface area contributed by atoms with Crippen LogP contribution in [0.3, 0.4) is 0 Å². The minimum atomic E-state index is -0.791. The van der Waals surface area contributed by atoms with E-state index in [0.29, 0.717) is 0 Å². The van der Waals surface area contributed by atoms with Gasteiger partial charge in [0.2, 0.25) is 0 Å². The fraction of sp³-hybridized carbons (Fsp3) is 0.167. The third kappa shape index (κ3) is 3.57. The predicted molar refractivity (Wildman–Crippen MR) is 86.2 cm³/mol. The zero-order valence-electron chi connectivity index (χ0n) is 12.5. The molecule has 0 aliphatic rings. The van der Waals surface area contributed by atoms with Gasteiger partial charge in [-0.15, -0.1) is 0 Å². The molecule has 0 unspecified atom stereocenters. The number of aromatic nitrogens is 1. The van der Waals surface area contributed by atoms with Crippen LogP contribution in [0.4, 0.5) is 4.39 Å². The van der Waals surface area contributed by atoms with Gasteiger partial charge in [-0.1, -0.05) is 30.3 Å². The number of esters is 1. The first-order valence-corrected chi connectivity index (χ1v) is 7.35. The fourth-order valence-corrected chi connectivity index (χ4v) is 2.48. The number of carbonyl (C=O) groups is 1. The van der Waals surface area contributed by atoms with E-state index < -0.39 is 12.0 Å². The lowest BCUT2D eigenvalue weighted by Gasteiger charge is -2.11. The Balaban J connectivity index is 1.64. The van der Waals surface area contributed by atoms with E-state index in [-0.39, 0.29) is 18.8 Å². The Kier molecular flexibility index (Phi) is 4.39. The lowest BCUT2D eigenvalue weighted by atomic mass is 10.1. The molecule has 5 heteroatoms. The molecule has 4 nitrogen and oxygen atoms in total. The van der Waals surface area contributed by atoms with E-state index in [9.17, 15) is 9.18 Å². The van der Waals surface area contributed by atoms with Crippen LogP contribution in [0.2, 0.25) is 0 Å². The van der Waals surface area contributed by atoms with Gasteiger partial charge in [-0.3, -0.25) is 4.79 Å². The lowest BCUT2D eigenvalue weighted by Crippen LogP contribution is -2.34. The number of nitrogens with one attached hydrogen (secondary N) is 1. The van der Waals surface area contributed by atoms with Crippen LogP contribution < -0.4 is 5.73 Å². The normalized spacial score (nSPS) is 12.3. The maximum Gasteiger partial charge on any atom is 0.323 e. The number of H-pyrrole nitrogens is 1. The molecule has 0 amide bonds. The molecule has 3 rings (SSSR count). The number of hydrogen-bond acceptors (Lipinski definition) is 3. The molecule has 0 aliphatic carbocycles. The Morgan fingerprint density at radius 3 is 2.78 bits per heavy atom. The van der Waals surface area contributed by atoms with Crippen molar-refractivity contribution in [3.63, 3.8) is 0 Å². The summed E-state index contributed by atoms with van der Waals surface area (Å²) in [7, 11) is 0. The number of benzene rings is 2. The second kappa shape index (κ2) is 6.62. The number of carbonyl (C=O) groups excluding carboxylic acids is 1. The van der Waals surface area contributed by atoms with Crippen molar-refractivity contribution in [2.45, 2.75) is 19.1 Å². The summed E-state index contributed by atoms with van der Waals surface area (Å²) in [6.07, 6.45) is 2.03. The lowest BCUT2D eigenvalue weighted by molar-refractivity contribution is -0.146. The second-order valence-electron chi connectivity index (χ2n) is 5.41. The van der Waals surface area contributed by atoms with E-state index in [0.717, 1.165) is 22.0 Å². The zero-order valence-corrected chi connectivity index (χ0v) is 12.5. The number of ether oxygens (including phenoxy) is 1. The Labute approximate surface area is 133 Å².